The summed E-state index contributed by atoms with van der Waals surface area (Å²) < 4.78 is 23.2. The van der Waals surface area contributed by atoms with Crippen molar-refractivity contribution in [3.8, 4) is 0 Å². The first kappa shape index (κ1) is 12.3. The van der Waals surface area contributed by atoms with E-state index in [4.69, 9.17) is 0 Å². The Hall–Kier alpha value is -1.16. The standard InChI is InChI=1S/C13H16O3S/c1-2-17(15,16)12-8-6-11(7-9-12)13(14)10-4-3-5-10/h6-10H,2-5H2,1H3. The summed E-state index contributed by atoms with van der Waals surface area (Å²) in [5.74, 6) is 0.392. The molecule has 0 radical (unpaired) electrons. The van der Waals surface area contributed by atoms with Gasteiger partial charge in [-0.25, -0.2) is 8.42 Å². The number of carbonyl (C=O) groups excluding carboxylic acids is 1. The molecule has 0 heterocycles. The molecule has 0 aliphatic heterocycles. The van der Waals surface area contributed by atoms with Crippen molar-refractivity contribution in [1.29, 1.82) is 0 Å². The van der Waals surface area contributed by atoms with Crippen molar-refractivity contribution in [2.45, 2.75) is 31.1 Å². The molecule has 0 unspecified atom stereocenters. The summed E-state index contributed by atoms with van der Waals surface area (Å²) in [5, 5.41) is 0. The molecule has 1 aromatic rings. The number of hydrogen-bond acceptors (Lipinski definition) is 3. The highest BCUT2D eigenvalue weighted by atomic mass is 32.2. The molecule has 17 heavy (non-hydrogen) atoms. The van der Waals surface area contributed by atoms with Crippen LogP contribution in [0.1, 0.15) is 36.5 Å². The molecule has 4 heteroatoms. The van der Waals surface area contributed by atoms with Gasteiger partial charge in [-0.3, -0.25) is 4.79 Å². The van der Waals surface area contributed by atoms with E-state index in [-0.39, 0.29) is 17.5 Å². The molecule has 0 aromatic heterocycles. The van der Waals surface area contributed by atoms with Crippen LogP contribution in [0.2, 0.25) is 0 Å². The number of carbonyl (C=O) groups is 1. The number of Topliss-reactive ketones (excluding diaryl/α,β-unsaturated/α-hetero) is 1. The van der Waals surface area contributed by atoms with E-state index in [9.17, 15) is 13.2 Å². The Morgan fingerprint density at radius 3 is 2.24 bits per heavy atom. The highest BCUT2D eigenvalue weighted by Gasteiger charge is 2.26. The van der Waals surface area contributed by atoms with E-state index >= 15 is 0 Å². The van der Waals surface area contributed by atoms with Crippen LogP contribution in [0.5, 0.6) is 0 Å². The molecule has 0 atom stereocenters. The van der Waals surface area contributed by atoms with E-state index < -0.39 is 9.84 Å². The zero-order valence-corrected chi connectivity index (χ0v) is 10.7. The zero-order chi connectivity index (χ0) is 12.5. The van der Waals surface area contributed by atoms with E-state index in [0.717, 1.165) is 19.3 Å². The van der Waals surface area contributed by atoms with Gasteiger partial charge in [-0.2, -0.15) is 0 Å². The van der Waals surface area contributed by atoms with Gasteiger partial charge in [-0.1, -0.05) is 25.5 Å². The SMILES string of the molecule is CCS(=O)(=O)c1ccc(C(=O)C2CCC2)cc1. The second-order valence-corrected chi connectivity index (χ2v) is 6.70. The Morgan fingerprint density at radius 2 is 1.82 bits per heavy atom. The molecule has 0 spiro atoms. The lowest BCUT2D eigenvalue weighted by Gasteiger charge is -2.23. The number of ketones is 1. The fourth-order valence-electron chi connectivity index (χ4n) is 1.90. The topological polar surface area (TPSA) is 51.2 Å². The van der Waals surface area contributed by atoms with Gasteiger partial charge in [-0.05, 0) is 25.0 Å². The van der Waals surface area contributed by atoms with E-state index in [0.29, 0.717) is 10.5 Å². The largest absolute Gasteiger partial charge is 0.294 e. The second-order valence-electron chi connectivity index (χ2n) is 4.42. The van der Waals surface area contributed by atoms with Gasteiger partial charge in [-0.15, -0.1) is 0 Å². The molecular formula is C13H16O3S. The molecule has 0 bridgehead atoms. The Morgan fingerprint density at radius 1 is 1.24 bits per heavy atom. The van der Waals surface area contributed by atoms with Gasteiger partial charge < -0.3 is 0 Å². The van der Waals surface area contributed by atoms with Crippen LogP contribution < -0.4 is 0 Å². The second kappa shape index (κ2) is 4.61. The smallest absolute Gasteiger partial charge is 0.178 e. The Balaban J connectivity index is 2.21. The van der Waals surface area contributed by atoms with Crippen LogP contribution in [-0.2, 0) is 9.84 Å². The molecule has 0 amide bonds. The average molecular weight is 252 g/mol. The quantitative estimate of drug-likeness (QED) is 0.773. The van der Waals surface area contributed by atoms with Gasteiger partial charge in [0.05, 0.1) is 10.6 Å². The molecule has 2 rings (SSSR count). The molecule has 1 aromatic carbocycles. The highest BCUT2D eigenvalue weighted by Crippen LogP contribution is 2.30. The lowest BCUT2D eigenvalue weighted by molar-refractivity contribution is 0.0855. The van der Waals surface area contributed by atoms with Crippen LogP contribution in [0.3, 0.4) is 0 Å². The van der Waals surface area contributed by atoms with Crippen LogP contribution in [0.15, 0.2) is 29.2 Å². The highest BCUT2D eigenvalue weighted by molar-refractivity contribution is 7.91. The van der Waals surface area contributed by atoms with E-state index in [1.165, 1.54) is 12.1 Å². The summed E-state index contributed by atoms with van der Waals surface area (Å²) in [5.41, 5.74) is 0.629. The van der Waals surface area contributed by atoms with E-state index in [1.807, 2.05) is 0 Å². The fraction of sp³-hybridized carbons (Fsp3) is 0.462. The first-order chi connectivity index (χ1) is 8.04. The predicted octanol–water partition coefficient (Wildman–Crippen LogP) is 2.46. The molecule has 1 saturated carbocycles. The average Bonchev–Trinajstić information content (AvgIpc) is 2.27. The number of sulfone groups is 1. The molecule has 1 fully saturated rings. The number of rotatable bonds is 4. The van der Waals surface area contributed by atoms with E-state index in [1.54, 1.807) is 19.1 Å². The van der Waals surface area contributed by atoms with Crippen LogP contribution in [0.4, 0.5) is 0 Å². The molecule has 3 nitrogen and oxygen atoms in total. The molecular weight excluding hydrogens is 236 g/mol. The maximum Gasteiger partial charge on any atom is 0.178 e. The third kappa shape index (κ3) is 2.41. The van der Waals surface area contributed by atoms with Crippen molar-refractivity contribution in [1.82, 2.24) is 0 Å². The van der Waals surface area contributed by atoms with E-state index in [2.05, 4.69) is 0 Å². The number of hydrogen-bond donors (Lipinski definition) is 0. The van der Waals surface area contributed by atoms with Crippen molar-refractivity contribution in [3.63, 3.8) is 0 Å². The Bertz CT molecular complexity index is 510. The van der Waals surface area contributed by atoms with Gasteiger partial charge in [0.1, 0.15) is 0 Å². The van der Waals surface area contributed by atoms with Crippen molar-refractivity contribution in [2.75, 3.05) is 5.75 Å². The normalized spacial score (nSPS) is 16.5. The summed E-state index contributed by atoms with van der Waals surface area (Å²) in [6.45, 7) is 1.61. The lowest BCUT2D eigenvalue weighted by atomic mass is 9.80. The summed E-state index contributed by atoms with van der Waals surface area (Å²) >= 11 is 0. The lowest BCUT2D eigenvalue weighted by Crippen LogP contribution is -2.21. The van der Waals surface area contributed by atoms with Crippen molar-refractivity contribution in [2.24, 2.45) is 5.92 Å². The summed E-state index contributed by atoms with van der Waals surface area (Å²) in [6, 6.07) is 6.32. The fourth-order valence-corrected chi connectivity index (χ4v) is 2.78. The number of benzene rings is 1. The maximum absolute atomic E-state index is 11.9. The molecule has 92 valence electrons. The van der Waals surface area contributed by atoms with Crippen molar-refractivity contribution < 1.29 is 13.2 Å². The Kier molecular flexibility index (Phi) is 3.33. The Labute approximate surface area is 102 Å². The van der Waals surface area contributed by atoms with Gasteiger partial charge in [0.25, 0.3) is 0 Å². The summed E-state index contributed by atoms with van der Waals surface area (Å²) in [7, 11) is -3.16. The molecule has 0 N–H and O–H groups in total. The van der Waals surface area contributed by atoms with Gasteiger partial charge in [0.2, 0.25) is 0 Å². The minimum Gasteiger partial charge on any atom is -0.294 e. The third-order valence-electron chi connectivity index (χ3n) is 3.35. The van der Waals surface area contributed by atoms with Crippen molar-refractivity contribution in [3.05, 3.63) is 29.8 Å². The van der Waals surface area contributed by atoms with Crippen LogP contribution in [0.25, 0.3) is 0 Å². The first-order valence-corrected chi connectivity index (χ1v) is 7.57. The summed E-state index contributed by atoms with van der Waals surface area (Å²) in [6.07, 6.45) is 3.06. The maximum atomic E-state index is 11.9. The monoisotopic (exact) mass is 252 g/mol. The van der Waals surface area contributed by atoms with Gasteiger partial charge >= 0.3 is 0 Å². The van der Waals surface area contributed by atoms with Crippen molar-refractivity contribution >= 4 is 15.6 Å². The van der Waals surface area contributed by atoms with Crippen LogP contribution >= 0.6 is 0 Å². The predicted molar refractivity (Wildman–Crippen MR) is 65.8 cm³/mol. The zero-order valence-electron chi connectivity index (χ0n) is 9.85. The first-order valence-electron chi connectivity index (χ1n) is 5.91. The third-order valence-corrected chi connectivity index (χ3v) is 5.10. The van der Waals surface area contributed by atoms with Crippen LogP contribution in [0, 0.1) is 5.92 Å². The minimum atomic E-state index is -3.16. The van der Waals surface area contributed by atoms with Gasteiger partial charge in [0, 0.05) is 11.5 Å². The summed E-state index contributed by atoms with van der Waals surface area (Å²) in [4.78, 5) is 12.2. The molecule has 1 aliphatic rings. The van der Waals surface area contributed by atoms with Gasteiger partial charge in [0.15, 0.2) is 15.6 Å². The molecule has 0 saturated heterocycles. The molecule has 1 aliphatic carbocycles. The van der Waals surface area contributed by atoms with Crippen LogP contribution in [-0.4, -0.2) is 20.0 Å². The minimum absolute atomic E-state index is 0.0862.